The van der Waals surface area contributed by atoms with E-state index in [0.29, 0.717) is 10.7 Å². The highest BCUT2D eigenvalue weighted by Gasteiger charge is 2.24. The molecule has 0 atom stereocenters. The van der Waals surface area contributed by atoms with Crippen LogP contribution in [0.25, 0.3) is 0 Å². The maximum absolute atomic E-state index is 11.8. The Morgan fingerprint density at radius 1 is 1.35 bits per heavy atom. The third-order valence-corrected chi connectivity index (χ3v) is 3.99. The third-order valence-electron chi connectivity index (χ3n) is 3.58. The van der Waals surface area contributed by atoms with E-state index in [0.717, 1.165) is 31.2 Å². The molecule has 0 saturated heterocycles. The summed E-state index contributed by atoms with van der Waals surface area (Å²) in [6.07, 6.45) is 3.86. The number of benzene rings is 1. The smallest absolute Gasteiger partial charge is 0.309 e. The van der Waals surface area contributed by atoms with Crippen LogP contribution in [-0.2, 0) is 14.3 Å². The number of nitrogens with one attached hydrogen (secondary N) is 1. The molecule has 1 aromatic carbocycles. The summed E-state index contributed by atoms with van der Waals surface area (Å²) in [5.41, 5.74) is 1.43. The molecule has 0 spiro atoms. The predicted octanol–water partition coefficient (Wildman–Crippen LogP) is 3.32. The van der Waals surface area contributed by atoms with Crippen LogP contribution in [0.2, 0.25) is 5.02 Å². The lowest BCUT2D eigenvalue weighted by atomic mass is 10.1. The van der Waals surface area contributed by atoms with Crippen molar-refractivity contribution in [1.29, 1.82) is 0 Å². The number of carbonyl (C=O) groups is 2. The van der Waals surface area contributed by atoms with Gasteiger partial charge in [-0.3, -0.25) is 9.59 Å². The summed E-state index contributed by atoms with van der Waals surface area (Å²) in [7, 11) is 0. The van der Waals surface area contributed by atoms with E-state index in [1.165, 1.54) is 0 Å². The molecule has 1 aromatic rings. The Balaban J connectivity index is 1.83. The van der Waals surface area contributed by atoms with Gasteiger partial charge in [-0.05, 0) is 37.5 Å². The van der Waals surface area contributed by atoms with Gasteiger partial charge in [0.25, 0.3) is 5.91 Å². The highest BCUT2D eigenvalue weighted by molar-refractivity contribution is 6.31. The van der Waals surface area contributed by atoms with E-state index in [1.54, 1.807) is 18.2 Å². The number of esters is 1. The van der Waals surface area contributed by atoms with Crippen molar-refractivity contribution in [3.05, 3.63) is 28.8 Å². The average molecular weight is 296 g/mol. The second-order valence-corrected chi connectivity index (χ2v) is 5.46. The van der Waals surface area contributed by atoms with Crippen molar-refractivity contribution < 1.29 is 14.3 Å². The monoisotopic (exact) mass is 295 g/mol. The van der Waals surface area contributed by atoms with E-state index < -0.39 is 0 Å². The molecule has 1 N–H and O–H groups in total. The number of anilines is 1. The molecule has 2 rings (SSSR count). The van der Waals surface area contributed by atoms with E-state index in [2.05, 4.69) is 5.32 Å². The maximum Gasteiger partial charge on any atom is 0.309 e. The van der Waals surface area contributed by atoms with Crippen molar-refractivity contribution in [3.8, 4) is 0 Å². The molecule has 0 aromatic heterocycles. The van der Waals surface area contributed by atoms with Gasteiger partial charge in [0.2, 0.25) is 0 Å². The van der Waals surface area contributed by atoms with Gasteiger partial charge < -0.3 is 10.1 Å². The van der Waals surface area contributed by atoms with Gasteiger partial charge in [0.15, 0.2) is 6.61 Å². The first kappa shape index (κ1) is 14.9. The summed E-state index contributed by atoms with van der Waals surface area (Å²) in [5, 5.41) is 3.29. The van der Waals surface area contributed by atoms with Gasteiger partial charge in [-0.15, -0.1) is 0 Å². The van der Waals surface area contributed by atoms with Crippen LogP contribution in [0.15, 0.2) is 18.2 Å². The van der Waals surface area contributed by atoms with Crippen LogP contribution in [-0.4, -0.2) is 18.5 Å². The van der Waals surface area contributed by atoms with Crippen LogP contribution in [0, 0.1) is 12.8 Å². The van der Waals surface area contributed by atoms with Gasteiger partial charge in [0.05, 0.1) is 5.92 Å². The molecule has 5 heteroatoms. The Morgan fingerprint density at radius 3 is 2.75 bits per heavy atom. The van der Waals surface area contributed by atoms with Crippen molar-refractivity contribution in [2.75, 3.05) is 11.9 Å². The van der Waals surface area contributed by atoms with Crippen LogP contribution in [0.5, 0.6) is 0 Å². The van der Waals surface area contributed by atoms with Crippen molar-refractivity contribution in [2.45, 2.75) is 32.6 Å². The SMILES string of the molecule is Cc1c(Cl)cccc1NC(=O)COC(=O)C1CCCC1. The fourth-order valence-electron chi connectivity index (χ4n) is 2.35. The fourth-order valence-corrected chi connectivity index (χ4v) is 2.52. The van der Waals surface area contributed by atoms with E-state index >= 15 is 0 Å². The summed E-state index contributed by atoms with van der Waals surface area (Å²) >= 11 is 5.97. The molecule has 20 heavy (non-hydrogen) atoms. The highest BCUT2D eigenvalue weighted by atomic mass is 35.5. The molecule has 0 radical (unpaired) electrons. The molecule has 0 bridgehead atoms. The maximum atomic E-state index is 11.8. The minimum absolute atomic E-state index is 0.0318. The van der Waals surface area contributed by atoms with E-state index in [1.807, 2.05) is 6.92 Å². The third kappa shape index (κ3) is 3.73. The Morgan fingerprint density at radius 2 is 2.05 bits per heavy atom. The van der Waals surface area contributed by atoms with Crippen molar-refractivity contribution in [1.82, 2.24) is 0 Å². The summed E-state index contributed by atoms with van der Waals surface area (Å²) < 4.78 is 5.05. The first-order valence-corrected chi connectivity index (χ1v) is 7.17. The number of hydrogen-bond acceptors (Lipinski definition) is 3. The Labute approximate surface area is 123 Å². The minimum Gasteiger partial charge on any atom is -0.455 e. The molecule has 1 saturated carbocycles. The zero-order valence-corrected chi connectivity index (χ0v) is 12.2. The molecule has 1 aliphatic carbocycles. The highest BCUT2D eigenvalue weighted by Crippen LogP contribution is 2.26. The van der Waals surface area contributed by atoms with Crippen LogP contribution in [0.4, 0.5) is 5.69 Å². The molecule has 0 aliphatic heterocycles. The Hall–Kier alpha value is -1.55. The molecule has 1 amide bonds. The Kier molecular flexibility index (Phi) is 5.01. The lowest BCUT2D eigenvalue weighted by Crippen LogP contribution is -2.24. The lowest BCUT2D eigenvalue weighted by molar-refractivity contribution is -0.151. The second kappa shape index (κ2) is 6.75. The molecule has 0 heterocycles. The number of ether oxygens (including phenoxy) is 1. The van der Waals surface area contributed by atoms with Crippen LogP contribution in [0.1, 0.15) is 31.2 Å². The van der Waals surface area contributed by atoms with Gasteiger partial charge in [0.1, 0.15) is 0 Å². The molecule has 4 nitrogen and oxygen atoms in total. The summed E-state index contributed by atoms with van der Waals surface area (Å²) in [4.78, 5) is 23.5. The van der Waals surface area contributed by atoms with E-state index in [4.69, 9.17) is 16.3 Å². The van der Waals surface area contributed by atoms with Gasteiger partial charge in [-0.1, -0.05) is 30.5 Å². The summed E-state index contributed by atoms with van der Waals surface area (Å²) in [6.45, 7) is 1.57. The molecule has 1 fully saturated rings. The van der Waals surface area contributed by atoms with Gasteiger partial charge in [0, 0.05) is 10.7 Å². The zero-order chi connectivity index (χ0) is 14.5. The average Bonchev–Trinajstić information content (AvgIpc) is 2.95. The van der Waals surface area contributed by atoms with Crippen molar-refractivity contribution in [2.24, 2.45) is 5.92 Å². The van der Waals surface area contributed by atoms with Gasteiger partial charge in [-0.25, -0.2) is 0 Å². The van der Waals surface area contributed by atoms with Crippen LogP contribution < -0.4 is 5.32 Å². The molecular weight excluding hydrogens is 278 g/mol. The zero-order valence-electron chi connectivity index (χ0n) is 11.4. The predicted molar refractivity (Wildman–Crippen MR) is 77.7 cm³/mol. The van der Waals surface area contributed by atoms with Gasteiger partial charge in [-0.2, -0.15) is 0 Å². The fraction of sp³-hybridized carbons (Fsp3) is 0.467. The summed E-state index contributed by atoms with van der Waals surface area (Å²) in [5.74, 6) is -0.641. The lowest BCUT2D eigenvalue weighted by Gasteiger charge is -2.11. The number of hydrogen-bond donors (Lipinski definition) is 1. The van der Waals surface area contributed by atoms with E-state index in [-0.39, 0.29) is 24.4 Å². The standard InChI is InChI=1S/C15H18ClNO3/c1-10-12(16)7-4-8-13(10)17-14(18)9-20-15(19)11-5-2-3-6-11/h4,7-8,11H,2-3,5-6,9H2,1H3,(H,17,18). The summed E-state index contributed by atoms with van der Waals surface area (Å²) in [6, 6.07) is 5.28. The topological polar surface area (TPSA) is 55.4 Å². The molecular formula is C15H18ClNO3. The van der Waals surface area contributed by atoms with Crippen LogP contribution in [0.3, 0.4) is 0 Å². The van der Waals surface area contributed by atoms with Gasteiger partial charge >= 0.3 is 5.97 Å². The van der Waals surface area contributed by atoms with Crippen molar-refractivity contribution >= 4 is 29.2 Å². The molecule has 0 unspecified atom stereocenters. The number of halogens is 1. The number of carbonyl (C=O) groups excluding carboxylic acids is 2. The van der Waals surface area contributed by atoms with Crippen molar-refractivity contribution in [3.63, 3.8) is 0 Å². The first-order valence-electron chi connectivity index (χ1n) is 6.79. The molecule has 108 valence electrons. The Bertz CT molecular complexity index is 510. The quantitative estimate of drug-likeness (QED) is 0.867. The molecule has 1 aliphatic rings. The minimum atomic E-state index is -0.346. The second-order valence-electron chi connectivity index (χ2n) is 5.05. The largest absolute Gasteiger partial charge is 0.455 e. The van der Waals surface area contributed by atoms with E-state index in [9.17, 15) is 9.59 Å². The first-order chi connectivity index (χ1) is 9.58. The normalized spacial score (nSPS) is 15.1. The number of rotatable bonds is 4. The number of amides is 1. The van der Waals surface area contributed by atoms with Crippen LogP contribution >= 0.6 is 11.6 Å².